The Morgan fingerprint density at radius 3 is 2.84 bits per heavy atom. The molecule has 0 bridgehead atoms. The molecule has 0 unspecified atom stereocenters. The first kappa shape index (κ1) is 12.5. The van der Waals surface area contributed by atoms with Crippen LogP contribution in [0.4, 0.5) is 11.4 Å². The van der Waals surface area contributed by atoms with E-state index >= 15 is 0 Å². The molecule has 3 rings (SSSR count). The first-order valence-electron chi connectivity index (χ1n) is 7.40. The monoisotopic (exact) mass is 258 g/mol. The van der Waals surface area contributed by atoms with Gasteiger partial charge in [0.05, 0.1) is 0 Å². The van der Waals surface area contributed by atoms with Gasteiger partial charge in [0, 0.05) is 23.8 Å². The average Bonchev–Trinajstić information content (AvgIpc) is 2.87. The molecule has 1 aliphatic heterocycles. The van der Waals surface area contributed by atoms with Crippen molar-refractivity contribution in [2.24, 2.45) is 11.8 Å². The zero-order valence-electron chi connectivity index (χ0n) is 11.5. The molecule has 1 fully saturated rings. The van der Waals surface area contributed by atoms with E-state index in [1.165, 1.54) is 24.1 Å². The minimum Gasteiger partial charge on any atom is -0.384 e. The highest BCUT2D eigenvalue weighted by Crippen LogP contribution is 2.30. The molecule has 102 valence electrons. The highest BCUT2D eigenvalue weighted by atomic mass is 16.1. The van der Waals surface area contributed by atoms with Crippen LogP contribution in [0.25, 0.3) is 0 Å². The predicted molar refractivity (Wildman–Crippen MR) is 78.4 cm³/mol. The standard InChI is InChI=1S/C16H22N2O/c1-11-2-4-12(5-3-11)16(19)18-14-6-7-15-13(10-14)8-9-17-15/h6-7,10-12,17H,2-5,8-9H2,1H3,(H,18,19). The SMILES string of the molecule is CC1CCC(C(=O)Nc2ccc3c(c2)CCN3)CC1. The highest BCUT2D eigenvalue weighted by molar-refractivity contribution is 5.93. The van der Waals surface area contributed by atoms with Gasteiger partial charge < -0.3 is 10.6 Å². The van der Waals surface area contributed by atoms with Crippen LogP contribution in [0, 0.1) is 11.8 Å². The Morgan fingerprint density at radius 1 is 1.26 bits per heavy atom. The Morgan fingerprint density at radius 2 is 2.05 bits per heavy atom. The van der Waals surface area contributed by atoms with E-state index in [1.807, 2.05) is 6.07 Å². The summed E-state index contributed by atoms with van der Waals surface area (Å²) in [6.07, 6.45) is 5.51. The van der Waals surface area contributed by atoms with Crippen LogP contribution >= 0.6 is 0 Å². The van der Waals surface area contributed by atoms with Gasteiger partial charge in [0.1, 0.15) is 0 Å². The van der Waals surface area contributed by atoms with Crippen molar-refractivity contribution in [2.45, 2.75) is 39.0 Å². The number of anilines is 2. The summed E-state index contributed by atoms with van der Waals surface area (Å²) in [4.78, 5) is 12.2. The van der Waals surface area contributed by atoms with Gasteiger partial charge in [-0.05, 0) is 61.8 Å². The van der Waals surface area contributed by atoms with Gasteiger partial charge >= 0.3 is 0 Å². The van der Waals surface area contributed by atoms with Gasteiger partial charge in [-0.25, -0.2) is 0 Å². The van der Waals surface area contributed by atoms with Gasteiger partial charge in [-0.3, -0.25) is 4.79 Å². The Balaban J connectivity index is 1.63. The van der Waals surface area contributed by atoms with Crippen LogP contribution in [0.15, 0.2) is 18.2 Å². The van der Waals surface area contributed by atoms with Crippen molar-refractivity contribution < 1.29 is 4.79 Å². The fourth-order valence-electron chi connectivity index (χ4n) is 3.15. The summed E-state index contributed by atoms with van der Waals surface area (Å²) < 4.78 is 0. The van der Waals surface area contributed by atoms with Crippen molar-refractivity contribution in [1.29, 1.82) is 0 Å². The highest BCUT2D eigenvalue weighted by Gasteiger charge is 2.24. The van der Waals surface area contributed by atoms with Crippen LogP contribution in [0.2, 0.25) is 0 Å². The molecule has 0 saturated heterocycles. The van der Waals surface area contributed by atoms with Crippen LogP contribution in [0.3, 0.4) is 0 Å². The smallest absolute Gasteiger partial charge is 0.227 e. The molecule has 1 amide bonds. The fraction of sp³-hybridized carbons (Fsp3) is 0.562. The summed E-state index contributed by atoms with van der Waals surface area (Å²) in [6.45, 7) is 3.29. The third-order valence-electron chi connectivity index (χ3n) is 4.47. The number of hydrogen-bond donors (Lipinski definition) is 2. The zero-order chi connectivity index (χ0) is 13.2. The summed E-state index contributed by atoms with van der Waals surface area (Å²) in [5.74, 6) is 1.20. The molecule has 1 aliphatic carbocycles. The Hall–Kier alpha value is -1.51. The van der Waals surface area contributed by atoms with E-state index < -0.39 is 0 Å². The molecule has 3 heteroatoms. The first-order valence-corrected chi connectivity index (χ1v) is 7.40. The van der Waals surface area contributed by atoms with Crippen LogP contribution in [-0.4, -0.2) is 12.5 Å². The number of carbonyl (C=O) groups is 1. The Labute approximate surface area is 114 Å². The van der Waals surface area contributed by atoms with E-state index in [-0.39, 0.29) is 11.8 Å². The van der Waals surface area contributed by atoms with Crippen LogP contribution in [0.5, 0.6) is 0 Å². The topological polar surface area (TPSA) is 41.1 Å². The molecule has 0 radical (unpaired) electrons. The van der Waals surface area contributed by atoms with Crippen LogP contribution in [0.1, 0.15) is 38.2 Å². The van der Waals surface area contributed by atoms with E-state index in [1.54, 1.807) is 0 Å². The number of benzene rings is 1. The lowest BCUT2D eigenvalue weighted by atomic mass is 9.82. The molecule has 19 heavy (non-hydrogen) atoms. The summed E-state index contributed by atoms with van der Waals surface area (Å²) in [5, 5.41) is 6.43. The molecule has 1 saturated carbocycles. The first-order chi connectivity index (χ1) is 9.22. The number of amides is 1. The van der Waals surface area contributed by atoms with Gasteiger partial charge in [0.25, 0.3) is 0 Å². The molecule has 1 heterocycles. The maximum Gasteiger partial charge on any atom is 0.227 e. The fourth-order valence-corrected chi connectivity index (χ4v) is 3.15. The molecule has 1 aromatic rings. The minimum atomic E-state index is 0.206. The quantitative estimate of drug-likeness (QED) is 0.853. The third kappa shape index (κ3) is 2.75. The maximum absolute atomic E-state index is 12.2. The average molecular weight is 258 g/mol. The molecule has 0 spiro atoms. The second-order valence-corrected chi connectivity index (χ2v) is 5.99. The Kier molecular flexibility index (Phi) is 3.45. The number of fused-ring (bicyclic) bond motifs is 1. The number of nitrogens with one attached hydrogen (secondary N) is 2. The lowest BCUT2D eigenvalue weighted by Crippen LogP contribution is -2.26. The summed E-state index contributed by atoms with van der Waals surface area (Å²) in [5.41, 5.74) is 3.48. The third-order valence-corrected chi connectivity index (χ3v) is 4.47. The summed E-state index contributed by atoms with van der Waals surface area (Å²) >= 11 is 0. The van der Waals surface area contributed by atoms with Crippen molar-refractivity contribution in [3.05, 3.63) is 23.8 Å². The predicted octanol–water partition coefficient (Wildman–Crippen LogP) is 3.42. The summed E-state index contributed by atoms with van der Waals surface area (Å²) in [6, 6.07) is 6.18. The van der Waals surface area contributed by atoms with Crippen molar-refractivity contribution in [2.75, 3.05) is 17.2 Å². The molecule has 2 aliphatic rings. The van der Waals surface area contributed by atoms with Gasteiger partial charge in [-0.2, -0.15) is 0 Å². The Bertz CT molecular complexity index is 476. The number of rotatable bonds is 2. The normalized spacial score (nSPS) is 25.5. The van der Waals surface area contributed by atoms with Crippen LogP contribution in [-0.2, 0) is 11.2 Å². The molecular weight excluding hydrogens is 236 g/mol. The van der Waals surface area contributed by atoms with E-state index in [0.29, 0.717) is 0 Å². The zero-order valence-corrected chi connectivity index (χ0v) is 11.5. The molecule has 0 aromatic heterocycles. The number of carbonyl (C=O) groups excluding carboxylic acids is 1. The largest absolute Gasteiger partial charge is 0.384 e. The lowest BCUT2D eigenvalue weighted by Gasteiger charge is -2.25. The molecule has 1 aromatic carbocycles. The number of hydrogen-bond acceptors (Lipinski definition) is 2. The van der Waals surface area contributed by atoms with Crippen LogP contribution < -0.4 is 10.6 Å². The minimum absolute atomic E-state index is 0.206. The van der Waals surface area contributed by atoms with Crippen molar-refractivity contribution in [1.82, 2.24) is 0 Å². The molecule has 0 atom stereocenters. The molecule has 2 N–H and O–H groups in total. The van der Waals surface area contributed by atoms with Gasteiger partial charge in [0.2, 0.25) is 5.91 Å². The second kappa shape index (κ2) is 5.24. The van der Waals surface area contributed by atoms with E-state index in [9.17, 15) is 4.79 Å². The lowest BCUT2D eigenvalue weighted by molar-refractivity contribution is -0.121. The van der Waals surface area contributed by atoms with Gasteiger partial charge in [0.15, 0.2) is 0 Å². The van der Waals surface area contributed by atoms with Crippen molar-refractivity contribution in [3.63, 3.8) is 0 Å². The summed E-state index contributed by atoms with van der Waals surface area (Å²) in [7, 11) is 0. The van der Waals surface area contributed by atoms with Gasteiger partial charge in [-0.15, -0.1) is 0 Å². The van der Waals surface area contributed by atoms with Crippen molar-refractivity contribution in [3.8, 4) is 0 Å². The van der Waals surface area contributed by atoms with E-state index in [0.717, 1.165) is 37.4 Å². The molecule has 3 nitrogen and oxygen atoms in total. The van der Waals surface area contributed by atoms with E-state index in [2.05, 4.69) is 29.7 Å². The van der Waals surface area contributed by atoms with E-state index in [4.69, 9.17) is 0 Å². The maximum atomic E-state index is 12.2. The molecular formula is C16H22N2O. The van der Waals surface area contributed by atoms with Gasteiger partial charge in [-0.1, -0.05) is 6.92 Å². The van der Waals surface area contributed by atoms with Crippen molar-refractivity contribution >= 4 is 17.3 Å². The second-order valence-electron chi connectivity index (χ2n) is 5.99.